The van der Waals surface area contributed by atoms with Crippen molar-refractivity contribution >= 4 is 11.9 Å². The summed E-state index contributed by atoms with van der Waals surface area (Å²) in [5.41, 5.74) is -0.427. The summed E-state index contributed by atoms with van der Waals surface area (Å²) in [5, 5.41) is 2.74. The van der Waals surface area contributed by atoms with Gasteiger partial charge in [-0.15, -0.1) is 0 Å². The number of nitrogens with one attached hydrogen (secondary N) is 1. The van der Waals surface area contributed by atoms with Crippen LogP contribution in [0.2, 0.25) is 0 Å². The number of ether oxygens (including phenoxy) is 1. The molecular weight excluding hydrogens is 206 g/mol. The first-order valence-corrected chi connectivity index (χ1v) is 5.78. The van der Waals surface area contributed by atoms with E-state index in [0.29, 0.717) is 13.2 Å². The van der Waals surface area contributed by atoms with Gasteiger partial charge in [-0.25, -0.2) is 0 Å². The summed E-state index contributed by atoms with van der Waals surface area (Å²) in [6.07, 6.45) is 0.853. The maximum absolute atomic E-state index is 11.9. The SMILES string of the molecule is CCCNC(=O)C(C(=O)OCC)C(C)(C)C. The molecule has 16 heavy (non-hydrogen) atoms. The van der Waals surface area contributed by atoms with E-state index >= 15 is 0 Å². The second-order valence-corrected chi connectivity index (χ2v) is 4.84. The number of hydrogen-bond acceptors (Lipinski definition) is 3. The highest BCUT2D eigenvalue weighted by Gasteiger charge is 2.38. The molecule has 0 aliphatic heterocycles. The Bertz CT molecular complexity index is 243. The zero-order chi connectivity index (χ0) is 12.8. The van der Waals surface area contributed by atoms with Crippen molar-refractivity contribution in [3.05, 3.63) is 0 Å². The van der Waals surface area contributed by atoms with Crippen LogP contribution in [0.1, 0.15) is 41.0 Å². The molecule has 0 rings (SSSR count). The summed E-state index contributed by atoms with van der Waals surface area (Å²) in [5.74, 6) is -1.42. The molecule has 1 atom stereocenters. The summed E-state index contributed by atoms with van der Waals surface area (Å²) < 4.78 is 4.93. The van der Waals surface area contributed by atoms with E-state index in [2.05, 4.69) is 5.32 Å². The Hall–Kier alpha value is -1.06. The maximum atomic E-state index is 11.9. The van der Waals surface area contributed by atoms with E-state index in [1.165, 1.54) is 0 Å². The minimum absolute atomic E-state index is 0.243. The molecule has 0 bridgehead atoms. The smallest absolute Gasteiger partial charge is 0.319 e. The van der Waals surface area contributed by atoms with Crippen molar-refractivity contribution in [3.8, 4) is 0 Å². The van der Waals surface area contributed by atoms with Crippen molar-refractivity contribution in [2.45, 2.75) is 41.0 Å². The second-order valence-electron chi connectivity index (χ2n) is 4.84. The molecule has 0 aliphatic carbocycles. The van der Waals surface area contributed by atoms with Crippen LogP contribution in [0.25, 0.3) is 0 Å². The second kappa shape index (κ2) is 6.51. The van der Waals surface area contributed by atoms with Gasteiger partial charge in [0.2, 0.25) is 5.91 Å². The molecule has 0 fully saturated rings. The highest BCUT2D eigenvalue weighted by atomic mass is 16.5. The van der Waals surface area contributed by atoms with Crippen LogP contribution in [0.5, 0.6) is 0 Å². The fraction of sp³-hybridized carbons (Fsp3) is 0.833. The quantitative estimate of drug-likeness (QED) is 0.577. The van der Waals surface area contributed by atoms with Gasteiger partial charge >= 0.3 is 5.97 Å². The van der Waals surface area contributed by atoms with Gasteiger partial charge in [0.1, 0.15) is 5.92 Å². The number of amides is 1. The molecule has 1 N–H and O–H groups in total. The largest absolute Gasteiger partial charge is 0.465 e. The van der Waals surface area contributed by atoms with E-state index in [9.17, 15) is 9.59 Å². The summed E-state index contributed by atoms with van der Waals surface area (Å²) in [7, 11) is 0. The van der Waals surface area contributed by atoms with Crippen molar-refractivity contribution in [1.82, 2.24) is 5.32 Å². The average molecular weight is 229 g/mol. The summed E-state index contributed by atoms with van der Waals surface area (Å²) in [4.78, 5) is 23.6. The number of carbonyl (C=O) groups excluding carboxylic acids is 2. The first-order chi connectivity index (χ1) is 7.34. The molecule has 0 spiro atoms. The van der Waals surface area contributed by atoms with E-state index in [0.717, 1.165) is 6.42 Å². The van der Waals surface area contributed by atoms with Crippen LogP contribution >= 0.6 is 0 Å². The van der Waals surface area contributed by atoms with Gasteiger partial charge in [-0.3, -0.25) is 9.59 Å². The van der Waals surface area contributed by atoms with Gasteiger partial charge in [0.25, 0.3) is 0 Å². The normalized spacial score (nSPS) is 13.1. The lowest BCUT2D eigenvalue weighted by atomic mass is 9.80. The minimum Gasteiger partial charge on any atom is -0.465 e. The number of hydrogen-bond donors (Lipinski definition) is 1. The number of esters is 1. The van der Waals surface area contributed by atoms with E-state index in [1.54, 1.807) is 6.92 Å². The third-order valence-electron chi connectivity index (χ3n) is 2.20. The standard InChI is InChI=1S/C12H23NO3/c1-6-8-13-10(14)9(12(3,4)5)11(15)16-7-2/h9H,6-8H2,1-5H3,(H,13,14). The zero-order valence-electron chi connectivity index (χ0n) is 10.9. The Kier molecular flexibility index (Phi) is 6.08. The molecule has 0 aromatic heterocycles. The zero-order valence-corrected chi connectivity index (χ0v) is 10.9. The molecule has 94 valence electrons. The van der Waals surface area contributed by atoms with Gasteiger partial charge in [-0.2, -0.15) is 0 Å². The lowest BCUT2D eigenvalue weighted by molar-refractivity contribution is -0.156. The average Bonchev–Trinajstić information content (AvgIpc) is 2.13. The van der Waals surface area contributed by atoms with Crippen molar-refractivity contribution < 1.29 is 14.3 Å². The van der Waals surface area contributed by atoms with Crippen molar-refractivity contribution in [3.63, 3.8) is 0 Å². The molecule has 0 heterocycles. The fourth-order valence-electron chi connectivity index (χ4n) is 1.43. The van der Waals surface area contributed by atoms with E-state index in [1.807, 2.05) is 27.7 Å². The van der Waals surface area contributed by atoms with Gasteiger partial charge in [0.15, 0.2) is 0 Å². The van der Waals surface area contributed by atoms with Crippen molar-refractivity contribution in [1.29, 1.82) is 0 Å². The Balaban J connectivity index is 4.68. The third kappa shape index (κ3) is 4.64. The Morgan fingerprint density at radius 2 is 1.81 bits per heavy atom. The molecule has 1 amide bonds. The van der Waals surface area contributed by atoms with E-state index in [-0.39, 0.29) is 5.91 Å². The maximum Gasteiger partial charge on any atom is 0.319 e. The van der Waals surface area contributed by atoms with Gasteiger partial charge in [0, 0.05) is 6.54 Å². The van der Waals surface area contributed by atoms with Gasteiger partial charge < -0.3 is 10.1 Å². The van der Waals surface area contributed by atoms with Crippen LogP contribution in [-0.4, -0.2) is 25.0 Å². The lowest BCUT2D eigenvalue weighted by Crippen LogP contribution is -2.43. The summed E-state index contributed by atoms with van der Waals surface area (Å²) in [6.45, 7) is 10.2. The molecule has 0 saturated carbocycles. The lowest BCUT2D eigenvalue weighted by Gasteiger charge is -2.27. The highest BCUT2D eigenvalue weighted by Crippen LogP contribution is 2.27. The van der Waals surface area contributed by atoms with Crippen LogP contribution in [-0.2, 0) is 14.3 Å². The molecule has 4 nitrogen and oxygen atoms in total. The van der Waals surface area contributed by atoms with Gasteiger partial charge in [0.05, 0.1) is 6.61 Å². The monoisotopic (exact) mass is 229 g/mol. The Morgan fingerprint density at radius 3 is 2.19 bits per heavy atom. The number of rotatable bonds is 5. The molecule has 0 radical (unpaired) electrons. The third-order valence-corrected chi connectivity index (χ3v) is 2.20. The van der Waals surface area contributed by atoms with E-state index in [4.69, 9.17) is 4.74 Å². The van der Waals surface area contributed by atoms with Crippen molar-refractivity contribution in [2.24, 2.45) is 11.3 Å². The molecule has 0 aliphatic rings. The minimum atomic E-state index is -0.737. The molecule has 4 heteroatoms. The van der Waals surface area contributed by atoms with Crippen LogP contribution in [0.15, 0.2) is 0 Å². The highest BCUT2D eigenvalue weighted by molar-refractivity contribution is 5.98. The van der Waals surface area contributed by atoms with Crippen LogP contribution < -0.4 is 5.32 Å². The first kappa shape index (κ1) is 14.9. The van der Waals surface area contributed by atoms with E-state index < -0.39 is 17.3 Å². The molecular formula is C12H23NO3. The van der Waals surface area contributed by atoms with Crippen LogP contribution in [0.4, 0.5) is 0 Å². The molecule has 0 aromatic carbocycles. The van der Waals surface area contributed by atoms with Crippen molar-refractivity contribution in [2.75, 3.05) is 13.2 Å². The number of carbonyl (C=O) groups is 2. The first-order valence-electron chi connectivity index (χ1n) is 5.78. The van der Waals surface area contributed by atoms with Gasteiger partial charge in [-0.05, 0) is 18.8 Å². The fourth-order valence-corrected chi connectivity index (χ4v) is 1.43. The Labute approximate surface area is 97.7 Å². The summed E-state index contributed by atoms with van der Waals surface area (Å²) >= 11 is 0. The predicted molar refractivity (Wildman–Crippen MR) is 62.9 cm³/mol. The van der Waals surface area contributed by atoms with Gasteiger partial charge in [-0.1, -0.05) is 27.7 Å². The Morgan fingerprint density at radius 1 is 1.25 bits per heavy atom. The molecule has 1 unspecified atom stereocenters. The predicted octanol–water partition coefficient (Wildman–Crippen LogP) is 1.74. The van der Waals surface area contributed by atoms with Crippen LogP contribution in [0, 0.1) is 11.3 Å². The topological polar surface area (TPSA) is 55.4 Å². The molecule has 0 aromatic rings. The molecule has 0 saturated heterocycles. The van der Waals surface area contributed by atoms with Crippen LogP contribution in [0.3, 0.4) is 0 Å². The summed E-state index contributed by atoms with van der Waals surface area (Å²) in [6, 6.07) is 0.